The van der Waals surface area contributed by atoms with Crippen molar-refractivity contribution < 1.29 is 9.59 Å². The van der Waals surface area contributed by atoms with Gasteiger partial charge >= 0.3 is 0 Å². The lowest BCUT2D eigenvalue weighted by atomic mass is 9.96. The zero-order valence-corrected chi connectivity index (χ0v) is 13.7. The lowest BCUT2D eigenvalue weighted by Crippen LogP contribution is -2.45. The zero-order valence-electron chi connectivity index (χ0n) is 13.7. The molecule has 0 bridgehead atoms. The summed E-state index contributed by atoms with van der Waals surface area (Å²) in [6.45, 7) is 2.59. The summed E-state index contributed by atoms with van der Waals surface area (Å²) in [5, 5.41) is 5.69. The van der Waals surface area contributed by atoms with Gasteiger partial charge in [-0.2, -0.15) is 0 Å². The zero-order chi connectivity index (χ0) is 16.9. The van der Waals surface area contributed by atoms with Gasteiger partial charge in [0.1, 0.15) is 5.92 Å². The van der Waals surface area contributed by atoms with Gasteiger partial charge in [-0.3, -0.25) is 14.6 Å². The first-order valence-corrected chi connectivity index (χ1v) is 8.23. The third kappa shape index (κ3) is 3.62. The van der Waals surface area contributed by atoms with Crippen LogP contribution in [-0.4, -0.2) is 23.3 Å². The Balaban J connectivity index is 1.65. The minimum Gasteiger partial charge on any atom is -0.355 e. The van der Waals surface area contributed by atoms with E-state index in [-0.39, 0.29) is 17.9 Å². The summed E-state index contributed by atoms with van der Waals surface area (Å²) in [6, 6.07) is 11.8. The Bertz CT molecular complexity index is 713. The van der Waals surface area contributed by atoms with Gasteiger partial charge in [0.2, 0.25) is 11.8 Å². The van der Waals surface area contributed by atoms with Crippen molar-refractivity contribution in [2.75, 3.05) is 6.54 Å². The number of carbonyl (C=O) groups is 2. The molecule has 2 heterocycles. The Hall–Kier alpha value is -2.69. The summed E-state index contributed by atoms with van der Waals surface area (Å²) in [7, 11) is 0. The Morgan fingerprint density at radius 2 is 2.04 bits per heavy atom. The second-order valence-corrected chi connectivity index (χ2v) is 6.08. The lowest BCUT2D eigenvalue weighted by Gasteiger charge is -2.23. The summed E-state index contributed by atoms with van der Waals surface area (Å²) < 4.78 is 0. The average molecular weight is 323 g/mol. The number of nitrogens with one attached hydrogen (secondary N) is 2. The lowest BCUT2D eigenvalue weighted by molar-refractivity contribution is -0.137. The molecule has 1 aromatic carbocycles. The Kier molecular flexibility index (Phi) is 4.89. The van der Waals surface area contributed by atoms with Crippen molar-refractivity contribution in [1.29, 1.82) is 0 Å². The quantitative estimate of drug-likeness (QED) is 0.849. The molecule has 2 aromatic rings. The molecule has 1 fully saturated rings. The van der Waals surface area contributed by atoms with Gasteiger partial charge in [0, 0.05) is 18.9 Å². The van der Waals surface area contributed by atoms with E-state index in [4.69, 9.17) is 0 Å². The van der Waals surface area contributed by atoms with Gasteiger partial charge in [0.15, 0.2) is 0 Å². The molecule has 0 spiro atoms. The largest absolute Gasteiger partial charge is 0.355 e. The van der Waals surface area contributed by atoms with E-state index in [1.807, 2.05) is 49.5 Å². The fourth-order valence-electron chi connectivity index (χ4n) is 2.92. The second kappa shape index (κ2) is 7.25. The van der Waals surface area contributed by atoms with Gasteiger partial charge in [0.05, 0.1) is 6.04 Å². The molecule has 5 nitrogen and oxygen atoms in total. The predicted octanol–water partition coefficient (Wildman–Crippen LogP) is 2.45. The highest BCUT2D eigenvalue weighted by Gasteiger charge is 2.29. The van der Waals surface area contributed by atoms with Crippen LogP contribution in [0.5, 0.6) is 0 Å². The SMILES string of the molecule is CC(NC(=O)C1CCCNC1=O)c1ccc(-c2cccnc2)cc1. The third-order valence-corrected chi connectivity index (χ3v) is 4.37. The smallest absolute Gasteiger partial charge is 0.233 e. The van der Waals surface area contributed by atoms with Gasteiger partial charge in [-0.25, -0.2) is 0 Å². The molecule has 24 heavy (non-hydrogen) atoms. The van der Waals surface area contributed by atoms with Crippen molar-refractivity contribution in [1.82, 2.24) is 15.6 Å². The molecule has 2 unspecified atom stereocenters. The maximum absolute atomic E-state index is 12.3. The number of benzene rings is 1. The molecule has 2 N–H and O–H groups in total. The van der Waals surface area contributed by atoms with Gasteiger partial charge < -0.3 is 10.6 Å². The number of amides is 2. The molecule has 0 radical (unpaired) electrons. The number of pyridine rings is 1. The van der Waals surface area contributed by atoms with Crippen LogP contribution in [0.2, 0.25) is 0 Å². The minimum absolute atomic E-state index is 0.143. The van der Waals surface area contributed by atoms with Crippen molar-refractivity contribution in [2.45, 2.75) is 25.8 Å². The summed E-state index contributed by atoms with van der Waals surface area (Å²) >= 11 is 0. The molecule has 124 valence electrons. The van der Waals surface area contributed by atoms with Crippen LogP contribution < -0.4 is 10.6 Å². The van der Waals surface area contributed by atoms with Crippen molar-refractivity contribution in [3.63, 3.8) is 0 Å². The first kappa shape index (κ1) is 16.2. The average Bonchev–Trinajstić information content (AvgIpc) is 2.63. The van der Waals surface area contributed by atoms with Gasteiger partial charge in [-0.05, 0) is 42.5 Å². The number of rotatable bonds is 4. The molecular weight excluding hydrogens is 302 g/mol. The van der Waals surface area contributed by atoms with Crippen LogP contribution in [0, 0.1) is 5.92 Å². The van der Waals surface area contributed by atoms with E-state index in [0.29, 0.717) is 13.0 Å². The number of aromatic nitrogens is 1. The number of hydrogen-bond acceptors (Lipinski definition) is 3. The Labute approximate surface area is 141 Å². The Morgan fingerprint density at radius 3 is 2.71 bits per heavy atom. The maximum atomic E-state index is 12.3. The highest BCUT2D eigenvalue weighted by atomic mass is 16.2. The van der Waals surface area contributed by atoms with Crippen LogP contribution in [0.3, 0.4) is 0 Å². The van der Waals surface area contributed by atoms with Crippen molar-refractivity contribution >= 4 is 11.8 Å². The first-order valence-electron chi connectivity index (χ1n) is 8.23. The number of hydrogen-bond donors (Lipinski definition) is 2. The highest BCUT2D eigenvalue weighted by molar-refractivity contribution is 6.00. The van der Waals surface area contributed by atoms with E-state index in [0.717, 1.165) is 23.1 Å². The molecule has 3 rings (SSSR count). The topological polar surface area (TPSA) is 71.1 Å². The van der Waals surface area contributed by atoms with Gasteiger partial charge in [-0.15, -0.1) is 0 Å². The van der Waals surface area contributed by atoms with E-state index < -0.39 is 5.92 Å². The molecular formula is C19H21N3O2. The fourth-order valence-corrected chi connectivity index (χ4v) is 2.92. The van der Waals surface area contributed by atoms with Crippen molar-refractivity contribution in [3.05, 3.63) is 54.4 Å². The summed E-state index contributed by atoms with van der Waals surface area (Å²) in [5.41, 5.74) is 3.14. The highest BCUT2D eigenvalue weighted by Crippen LogP contribution is 2.22. The number of piperidine rings is 1. The van der Waals surface area contributed by atoms with E-state index >= 15 is 0 Å². The van der Waals surface area contributed by atoms with Crippen LogP contribution in [0.4, 0.5) is 0 Å². The molecule has 1 aliphatic rings. The van der Waals surface area contributed by atoms with Crippen molar-refractivity contribution in [2.24, 2.45) is 5.92 Å². The first-order chi connectivity index (χ1) is 11.6. The Morgan fingerprint density at radius 1 is 1.25 bits per heavy atom. The van der Waals surface area contributed by atoms with Crippen LogP contribution in [0.1, 0.15) is 31.4 Å². The normalized spacial score (nSPS) is 18.5. The molecule has 1 saturated heterocycles. The van der Waals surface area contributed by atoms with Crippen LogP contribution in [0.15, 0.2) is 48.8 Å². The fraction of sp³-hybridized carbons (Fsp3) is 0.316. The molecule has 1 aromatic heterocycles. The van der Waals surface area contributed by atoms with Gasteiger partial charge in [0.25, 0.3) is 0 Å². The van der Waals surface area contributed by atoms with Crippen molar-refractivity contribution in [3.8, 4) is 11.1 Å². The van der Waals surface area contributed by atoms with Crippen LogP contribution >= 0.6 is 0 Å². The number of nitrogens with zero attached hydrogens (tertiary/aromatic N) is 1. The van der Waals surface area contributed by atoms with E-state index in [2.05, 4.69) is 15.6 Å². The summed E-state index contributed by atoms with van der Waals surface area (Å²) in [5.74, 6) is -0.940. The second-order valence-electron chi connectivity index (χ2n) is 6.08. The molecule has 5 heteroatoms. The summed E-state index contributed by atoms with van der Waals surface area (Å²) in [6.07, 6.45) is 5.03. The molecule has 2 atom stereocenters. The van der Waals surface area contributed by atoms with Crippen LogP contribution in [0.25, 0.3) is 11.1 Å². The molecule has 1 aliphatic heterocycles. The number of carbonyl (C=O) groups excluding carboxylic acids is 2. The summed E-state index contributed by atoms with van der Waals surface area (Å²) in [4.78, 5) is 28.2. The maximum Gasteiger partial charge on any atom is 0.233 e. The predicted molar refractivity (Wildman–Crippen MR) is 92.0 cm³/mol. The van der Waals surface area contributed by atoms with Gasteiger partial charge in [-0.1, -0.05) is 30.3 Å². The molecule has 0 saturated carbocycles. The third-order valence-electron chi connectivity index (χ3n) is 4.37. The molecule has 0 aliphatic carbocycles. The van der Waals surface area contributed by atoms with E-state index in [9.17, 15) is 9.59 Å². The minimum atomic E-state index is -0.573. The molecule has 2 amide bonds. The van der Waals surface area contributed by atoms with Crippen LogP contribution in [-0.2, 0) is 9.59 Å². The van der Waals surface area contributed by atoms with E-state index in [1.54, 1.807) is 6.20 Å². The monoisotopic (exact) mass is 323 g/mol. The van der Waals surface area contributed by atoms with E-state index in [1.165, 1.54) is 0 Å². The standard InChI is InChI=1S/C19H21N3O2/c1-13(22-19(24)17-5-3-11-21-18(17)23)14-6-8-15(9-7-14)16-4-2-10-20-12-16/h2,4,6-10,12-13,17H,3,5,11H2,1H3,(H,21,23)(H,22,24).